The number of nitrogens with two attached hydrogens (primary N) is 1. The van der Waals surface area contributed by atoms with E-state index < -0.39 is 0 Å². The molecule has 0 spiro atoms. The summed E-state index contributed by atoms with van der Waals surface area (Å²) in [6, 6.07) is 5.51. The van der Waals surface area contributed by atoms with E-state index in [0.717, 1.165) is 22.9 Å². The number of nitrogens with zero attached hydrogens (tertiary/aromatic N) is 7. The minimum atomic E-state index is -0.263. The van der Waals surface area contributed by atoms with Crippen LogP contribution in [0.5, 0.6) is 0 Å². The molecule has 11 nitrogen and oxygen atoms in total. The molecular weight excluding hydrogens is 458 g/mol. The number of hydrogen-bond acceptors (Lipinski definition) is 8. The van der Waals surface area contributed by atoms with Crippen molar-refractivity contribution in [3.63, 3.8) is 0 Å². The molecule has 0 aliphatic heterocycles. The van der Waals surface area contributed by atoms with Crippen molar-refractivity contribution in [2.45, 2.75) is 19.3 Å². The molecule has 180 valence electrons. The van der Waals surface area contributed by atoms with Crippen molar-refractivity contribution in [3.05, 3.63) is 64.6 Å². The van der Waals surface area contributed by atoms with Crippen LogP contribution in [0, 0.1) is 12.8 Å². The number of anilines is 2. The monoisotopic (exact) mass is 481 g/mol. The van der Waals surface area contributed by atoms with Crippen molar-refractivity contribution in [3.8, 4) is 11.3 Å². The highest BCUT2D eigenvalue weighted by molar-refractivity contribution is 5.99. The molecular formula is C25H23N9O2. The lowest BCUT2D eigenvalue weighted by atomic mass is 10.1. The Kier molecular flexibility index (Phi) is 4.82. The highest BCUT2D eigenvalue weighted by Crippen LogP contribution is 2.47. The average molecular weight is 482 g/mol. The van der Waals surface area contributed by atoms with E-state index in [2.05, 4.69) is 30.5 Å². The zero-order valence-electron chi connectivity index (χ0n) is 19.9. The minimum Gasteiger partial charge on any atom is -0.383 e. The van der Waals surface area contributed by atoms with Crippen LogP contribution in [0.2, 0.25) is 0 Å². The molecule has 2 atom stereocenters. The Morgan fingerprint density at radius 2 is 1.92 bits per heavy atom. The Bertz CT molecular complexity index is 1750. The first-order valence-electron chi connectivity index (χ1n) is 11.5. The summed E-state index contributed by atoms with van der Waals surface area (Å²) in [6.07, 6.45) is 7.76. The number of rotatable bonds is 4. The quantitative estimate of drug-likeness (QED) is 0.397. The van der Waals surface area contributed by atoms with Gasteiger partial charge in [0, 0.05) is 54.4 Å². The average Bonchev–Trinajstić information content (AvgIpc) is 3.54. The van der Waals surface area contributed by atoms with E-state index in [1.54, 1.807) is 36.4 Å². The van der Waals surface area contributed by atoms with Crippen LogP contribution >= 0.6 is 0 Å². The molecule has 3 N–H and O–H groups in total. The van der Waals surface area contributed by atoms with Gasteiger partial charge in [-0.05, 0) is 48.4 Å². The van der Waals surface area contributed by atoms with Gasteiger partial charge in [0.1, 0.15) is 17.2 Å². The predicted molar refractivity (Wildman–Crippen MR) is 135 cm³/mol. The Morgan fingerprint density at radius 1 is 1.08 bits per heavy atom. The van der Waals surface area contributed by atoms with Crippen molar-refractivity contribution in [2.75, 3.05) is 11.1 Å². The fourth-order valence-electron chi connectivity index (χ4n) is 4.59. The second-order valence-electron chi connectivity index (χ2n) is 9.20. The minimum absolute atomic E-state index is 0.0680. The van der Waals surface area contributed by atoms with Crippen molar-refractivity contribution in [2.24, 2.45) is 20.0 Å². The van der Waals surface area contributed by atoms with Gasteiger partial charge in [-0.3, -0.25) is 14.3 Å². The molecule has 0 unspecified atom stereocenters. The molecule has 5 heterocycles. The Morgan fingerprint density at radius 3 is 2.69 bits per heavy atom. The molecule has 1 aliphatic rings. The predicted octanol–water partition coefficient (Wildman–Crippen LogP) is 2.31. The normalized spacial score (nSPS) is 17.0. The van der Waals surface area contributed by atoms with E-state index >= 15 is 0 Å². The van der Waals surface area contributed by atoms with E-state index in [4.69, 9.17) is 5.73 Å². The Hall–Kier alpha value is -4.67. The first-order valence-corrected chi connectivity index (χ1v) is 11.5. The third kappa shape index (κ3) is 3.65. The number of aryl methyl sites for hydroxylation is 3. The van der Waals surface area contributed by atoms with Gasteiger partial charge in [-0.15, -0.1) is 0 Å². The lowest BCUT2D eigenvalue weighted by molar-refractivity contribution is -0.117. The summed E-state index contributed by atoms with van der Waals surface area (Å²) in [4.78, 5) is 38.6. The largest absolute Gasteiger partial charge is 0.383 e. The number of fused-ring (bicyclic) bond motifs is 2. The third-order valence-electron chi connectivity index (χ3n) is 6.66. The first-order chi connectivity index (χ1) is 17.3. The lowest BCUT2D eigenvalue weighted by Gasteiger charge is -2.11. The second-order valence-corrected chi connectivity index (χ2v) is 9.20. The number of carbonyl (C=O) groups excluding carboxylic acids is 1. The summed E-state index contributed by atoms with van der Waals surface area (Å²) in [5.74, 6) is 0.773. The summed E-state index contributed by atoms with van der Waals surface area (Å²) in [5, 5.41) is 13.3. The summed E-state index contributed by atoms with van der Waals surface area (Å²) >= 11 is 0. The van der Waals surface area contributed by atoms with Crippen molar-refractivity contribution < 1.29 is 4.79 Å². The Balaban J connectivity index is 1.32. The van der Waals surface area contributed by atoms with Gasteiger partial charge in [0.05, 0.1) is 18.1 Å². The second kappa shape index (κ2) is 7.94. The summed E-state index contributed by atoms with van der Waals surface area (Å²) in [7, 11) is 3.45. The van der Waals surface area contributed by atoms with Crippen LogP contribution in [-0.2, 0) is 18.9 Å². The van der Waals surface area contributed by atoms with Gasteiger partial charge >= 0.3 is 0 Å². The van der Waals surface area contributed by atoms with Crippen LogP contribution in [0.25, 0.3) is 32.9 Å². The molecule has 0 radical (unpaired) electrons. The fraction of sp³-hybridized carbons (Fsp3) is 0.240. The maximum atomic E-state index is 12.8. The van der Waals surface area contributed by atoms with E-state index in [1.165, 1.54) is 4.68 Å². The van der Waals surface area contributed by atoms with Crippen molar-refractivity contribution in [1.82, 2.24) is 34.5 Å². The van der Waals surface area contributed by atoms with Crippen LogP contribution < -0.4 is 16.6 Å². The molecule has 5 aromatic heterocycles. The zero-order valence-corrected chi connectivity index (χ0v) is 19.9. The number of carbonyl (C=O) groups is 1. The number of aromatic nitrogens is 7. The highest BCUT2D eigenvalue weighted by Gasteiger charge is 2.44. The van der Waals surface area contributed by atoms with E-state index in [9.17, 15) is 9.59 Å². The zero-order chi connectivity index (χ0) is 25.1. The Labute approximate surface area is 205 Å². The smallest absolute Gasteiger partial charge is 0.292 e. The highest BCUT2D eigenvalue weighted by atomic mass is 16.2. The summed E-state index contributed by atoms with van der Waals surface area (Å²) in [5.41, 5.74) is 9.41. The van der Waals surface area contributed by atoms with Crippen LogP contribution in [0.3, 0.4) is 0 Å². The molecule has 5 aromatic rings. The van der Waals surface area contributed by atoms with Crippen molar-refractivity contribution >= 4 is 39.2 Å². The molecule has 0 saturated heterocycles. The third-order valence-corrected chi connectivity index (χ3v) is 6.66. The van der Waals surface area contributed by atoms with Crippen LogP contribution in [0.15, 0.2) is 47.8 Å². The van der Waals surface area contributed by atoms with Gasteiger partial charge in [-0.1, -0.05) is 0 Å². The van der Waals surface area contributed by atoms with Crippen LogP contribution in [0.1, 0.15) is 23.6 Å². The van der Waals surface area contributed by atoms with Crippen LogP contribution in [0.4, 0.5) is 11.6 Å². The summed E-state index contributed by atoms with van der Waals surface area (Å²) in [6.45, 7) is 1.82. The summed E-state index contributed by atoms with van der Waals surface area (Å²) < 4.78 is 3.00. The number of nitrogen functional groups attached to an aromatic ring is 1. The number of amides is 1. The number of pyridine rings is 3. The number of hydrogen-bond donors (Lipinski definition) is 2. The van der Waals surface area contributed by atoms with E-state index in [0.29, 0.717) is 39.3 Å². The molecule has 36 heavy (non-hydrogen) atoms. The fourth-order valence-corrected chi connectivity index (χ4v) is 4.59. The topological polar surface area (TPSA) is 146 Å². The standard InChI is InChI=1S/C25H23N9O2/c1-12-16(4-14-8-29-34(3)25(36)22(14)30-12)20-5-13-6-21(27-10-19(13)23(26)31-20)32-24(35)18-7-17(18)15-9-28-33(2)11-15/h4-6,8-11,17-18H,7H2,1-3H3,(H2,26,31)(H,27,32,35)/t17-,18+/m0/s1. The van der Waals surface area contributed by atoms with Gasteiger partial charge in [-0.2, -0.15) is 10.2 Å². The maximum absolute atomic E-state index is 12.8. The molecule has 0 aromatic carbocycles. The first kappa shape index (κ1) is 21.8. The van der Waals surface area contributed by atoms with E-state index in [1.807, 2.05) is 32.3 Å². The SMILES string of the molecule is Cc1nc2c(=O)n(C)ncc2cc1-c1cc2cc(NC(=O)[C@@H]3C[C@H]3c3cnn(C)c3)ncc2c(N)n1. The molecule has 1 amide bonds. The molecule has 1 fully saturated rings. The molecule has 0 bridgehead atoms. The van der Waals surface area contributed by atoms with Gasteiger partial charge < -0.3 is 11.1 Å². The van der Waals surface area contributed by atoms with Gasteiger partial charge in [0.25, 0.3) is 5.56 Å². The van der Waals surface area contributed by atoms with Gasteiger partial charge in [-0.25, -0.2) is 19.6 Å². The molecule has 1 saturated carbocycles. The number of nitrogens with one attached hydrogen (secondary N) is 1. The lowest BCUT2D eigenvalue weighted by Crippen LogP contribution is -2.20. The van der Waals surface area contributed by atoms with E-state index in [-0.39, 0.29) is 23.3 Å². The molecule has 1 aliphatic carbocycles. The molecule has 11 heteroatoms. The van der Waals surface area contributed by atoms with Gasteiger partial charge in [0.2, 0.25) is 5.91 Å². The maximum Gasteiger partial charge on any atom is 0.292 e. The van der Waals surface area contributed by atoms with Crippen molar-refractivity contribution in [1.29, 1.82) is 0 Å². The molecule has 6 rings (SSSR count). The van der Waals surface area contributed by atoms with Crippen LogP contribution in [-0.4, -0.2) is 40.4 Å². The van der Waals surface area contributed by atoms with Gasteiger partial charge in [0.15, 0.2) is 0 Å².